The van der Waals surface area contributed by atoms with Gasteiger partial charge in [-0.3, -0.25) is 4.79 Å². The zero-order valence-electron chi connectivity index (χ0n) is 8.01. The number of alkyl halides is 3. The quantitative estimate of drug-likeness (QED) is 0.798. The van der Waals surface area contributed by atoms with Gasteiger partial charge in [0.2, 0.25) is 0 Å². The van der Waals surface area contributed by atoms with Gasteiger partial charge in [0, 0.05) is 3.57 Å². The fourth-order valence-corrected chi connectivity index (χ4v) is 1.49. The number of halogens is 4. The average Bonchev–Trinajstić information content (AvgIpc) is 2.15. The van der Waals surface area contributed by atoms with E-state index in [0.29, 0.717) is 3.57 Å². The highest BCUT2D eigenvalue weighted by atomic mass is 127. The molecule has 0 saturated heterocycles. The topological polar surface area (TPSA) is 66.4 Å². The number of amides is 1. The third-order valence-electron chi connectivity index (χ3n) is 1.72. The molecule has 0 aliphatic heterocycles. The van der Waals surface area contributed by atoms with Crippen molar-refractivity contribution in [3.8, 4) is 0 Å². The van der Waals surface area contributed by atoms with E-state index < -0.39 is 23.6 Å². The Morgan fingerprint density at radius 2 is 1.88 bits per heavy atom. The number of carboxylic acid groups (broad SMARTS) is 1. The van der Waals surface area contributed by atoms with E-state index >= 15 is 0 Å². The minimum atomic E-state index is -5.06. The van der Waals surface area contributed by atoms with E-state index in [1.54, 1.807) is 22.6 Å². The van der Waals surface area contributed by atoms with Crippen molar-refractivity contribution in [2.45, 2.75) is 6.18 Å². The SMILES string of the molecule is O=C(O)c1ccc(I)cc1NC(=O)C(F)(F)F. The average molecular weight is 359 g/mol. The largest absolute Gasteiger partial charge is 0.478 e. The lowest BCUT2D eigenvalue weighted by atomic mass is 10.2. The molecule has 1 aromatic rings. The van der Waals surface area contributed by atoms with Crippen LogP contribution in [-0.4, -0.2) is 23.2 Å². The van der Waals surface area contributed by atoms with Crippen LogP contribution in [0.5, 0.6) is 0 Å². The van der Waals surface area contributed by atoms with E-state index in [4.69, 9.17) is 5.11 Å². The Morgan fingerprint density at radius 1 is 1.29 bits per heavy atom. The number of aromatic carboxylic acids is 1. The van der Waals surface area contributed by atoms with Crippen LogP contribution in [0.3, 0.4) is 0 Å². The summed E-state index contributed by atoms with van der Waals surface area (Å²) in [6.45, 7) is 0. The molecule has 4 nitrogen and oxygen atoms in total. The Kier molecular flexibility index (Phi) is 3.96. The van der Waals surface area contributed by atoms with Crippen LogP contribution in [-0.2, 0) is 4.79 Å². The fraction of sp³-hybridized carbons (Fsp3) is 0.111. The second-order valence-electron chi connectivity index (χ2n) is 2.95. The van der Waals surface area contributed by atoms with Gasteiger partial charge < -0.3 is 10.4 Å². The van der Waals surface area contributed by atoms with E-state index in [1.807, 2.05) is 0 Å². The number of anilines is 1. The van der Waals surface area contributed by atoms with Gasteiger partial charge in [-0.1, -0.05) is 0 Å². The summed E-state index contributed by atoms with van der Waals surface area (Å²) in [7, 11) is 0. The minimum Gasteiger partial charge on any atom is -0.478 e. The van der Waals surface area contributed by atoms with E-state index in [1.165, 1.54) is 11.4 Å². The number of benzene rings is 1. The van der Waals surface area contributed by atoms with Gasteiger partial charge in [0.25, 0.3) is 0 Å². The van der Waals surface area contributed by atoms with Crippen LogP contribution in [0.25, 0.3) is 0 Å². The molecule has 1 amide bonds. The standard InChI is InChI=1S/C9H5F3INO3/c10-9(11,12)8(17)14-6-3-4(13)1-2-5(6)7(15)16/h1-3H,(H,14,17)(H,15,16). The molecule has 0 fully saturated rings. The number of hydrogen-bond donors (Lipinski definition) is 2. The van der Waals surface area contributed by atoms with Crippen LogP contribution in [0.4, 0.5) is 18.9 Å². The molecule has 0 heterocycles. The van der Waals surface area contributed by atoms with Crippen LogP contribution in [0.2, 0.25) is 0 Å². The lowest BCUT2D eigenvalue weighted by Crippen LogP contribution is -2.30. The smallest absolute Gasteiger partial charge is 0.471 e. The molecule has 2 N–H and O–H groups in total. The molecule has 1 rings (SSSR count). The second-order valence-corrected chi connectivity index (χ2v) is 4.19. The maximum Gasteiger partial charge on any atom is 0.471 e. The molecule has 0 unspecified atom stereocenters. The van der Waals surface area contributed by atoms with Crippen molar-refractivity contribution in [1.82, 2.24) is 0 Å². The molecule has 8 heteroatoms. The Bertz CT molecular complexity index is 473. The molecule has 0 aliphatic carbocycles. The Balaban J connectivity index is 3.09. The number of carboxylic acids is 1. The molecule has 1 aromatic carbocycles. The highest BCUT2D eigenvalue weighted by molar-refractivity contribution is 14.1. The summed E-state index contributed by atoms with van der Waals surface area (Å²) in [5.41, 5.74) is -0.783. The first-order valence-corrected chi connectivity index (χ1v) is 5.20. The Morgan fingerprint density at radius 3 is 2.35 bits per heavy atom. The van der Waals surface area contributed by atoms with Crippen LogP contribution >= 0.6 is 22.6 Å². The zero-order valence-corrected chi connectivity index (χ0v) is 10.2. The fourth-order valence-electron chi connectivity index (χ4n) is 1.000. The van der Waals surface area contributed by atoms with Gasteiger partial charge in [0.05, 0.1) is 11.3 Å². The second kappa shape index (κ2) is 4.90. The molecular formula is C9H5F3INO3. The molecule has 0 atom stereocenters. The first-order chi connectivity index (χ1) is 7.71. The van der Waals surface area contributed by atoms with Gasteiger partial charge >= 0.3 is 18.1 Å². The van der Waals surface area contributed by atoms with Crippen molar-refractivity contribution in [2.24, 2.45) is 0 Å². The Labute approximate surface area is 107 Å². The molecule has 0 spiro atoms. The van der Waals surface area contributed by atoms with E-state index in [0.717, 1.165) is 12.1 Å². The van der Waals surface area contributed by atoms with Gasteiger partial charge in [-0.25, -0.2) is 4.79 Å². The molecule has 0 radical (unpaired) electrons. The van der Waals surface area contributed by atoms with Gasteiger partial charge in [-0.15, -0.1) is 0 Å². The summed E-state index contributed by atoms with van der Waals surface area (Å²) in [4.78, 5) is 21.4. The Hall–Kier alpha value is -1.32. The minimum absolute atomic E-state index is 0.383. The van der Waals surface area contributed by atoms with Crippen molar-refractivity contribution in [3.63, 3.8) is 0 Å². The summed E-state index contributed by atoms with van der Waals surface area (Å²) in [5.74, 6) is -3.62. The first kappa shape index (κ1) is 13.7. The maximum absolute atomic E-state index is 12.0. The molecular weight excluding hydrogens is 354 g/mol. The van der Waals surface area contributed by atoms with E-state index in [9.17, 15) is 22.8 Å². The zero-order chi connectivity index (χ0) is 13.2. The van der Waals surface area contributed by atoms with Crippen LogP contribution < -0.4 is 5.32 Å². The highest BCUT2D eigenvalue weighted by Gasteiger charge is 2.39. The number of rotatable bonds is 2. The monoisotopic (exact) mass is 359 g/mol. The van der Waals surface area contributed by atoms with Gasteiger partial charge in [0.15, 0.2) is 0 Å². The summed E-state index contributed by atoms with van der Waals surface area (Å²) in [6.07, 6.45) is -5.06. The van der Waals surface area contributed by atoms with Crippen molar-refractivity contribution >= 4 is 40.2 Å². The van der Waals surface area contributed by atoms with E-state index in [-0.39, 0.29) is 5.69 Å². The first-order valence-electron chi connectivity index (χ1n) is 4.13. The third kappa shape index (κ3) is 3.58. The lowest BCUT2D eigenvalue weighted by Gasteiger charge is -2.10. The maximum atomic E-state index is 12.0. The van der Waals surface area contributed by atoms with Crippen molar-refractivity contribution < 1.29 is 27.9 Å². The lowest BCUT2D eigenvalue weighted by molar-refractivity contribution is -0.167. The summed E-state index contributed by atoms with van der Waals surface area (Å²) < 4.78 is 36.5. The van der Waals surface area contributed by atoms with Gasteiger partial charge in [-0.05, 0) is 40.8 Å². The molecule has 17 heavy (non-hydrogen) atoms. The normalized spacial score (nSPS) is 11.1. The predicted molar refractivity (Wildman–Crippen MR) is 60.8 cm³/mol. The summed E-state index contributed by atoms with van der Waals surface area (Å²) >= 11 is 1.79. The summed E-state index contributed by atoms with van der Waals surface area (Å²) in [5, 5.41) is 10.3. The van der Waals surface area contributed by atoms with Crippen LogP contribution in [0.15, 0.2) is 18.2 Å². The van der Waals surface area contributed by atoms with Gasteiger partial charge in [0.1, 0.15) is 0 Å². The molecule has 0 aliphatic rings. The number of carbonyl (C=O) groups excluding carboxylic acids is 1. The highest BCUT2D eigenvalue weighted by Crippen LogP contribution is 2.23. The number of nitrogens with one attached hydrogen (secondary N) is 1. The van der Waals surface area contributed by atoms with Crippen molar-refractivity contribution in [1.29, 1.82) is 0 Å². The van der Waals surface area contributed by atoms with Crippen molar-refractivity contribution in [3.05, 3.63) is 27.3 Å². The van der Waals surface area contributed by atoms with Crippen LogP contribution in [0.1, 0.15) is 10.4 Å². The predicted octanol–water partition coefficient (Wildman–Crippen LogP) is 2.49. The molecule has 0 aromatic heterocycles. The van der Waals surface area contributed by atoms with Crippen molar-refractivity contribution in [2.75, 3.05) is 5.32 Å². The van der Waals surface area contributed by atoms with E-state index in [2.05, 4.69) is 0 Å². The number of carbonyl (C=O) groups is 2. The number of hydrogen-bond acceptors (Lipinski definition) is 2. The summed E-state index contributed by atoms with van der Waals surface area (Å²) in [6, 6.07) is 3.68. The third-order valence-corrected chi connectivity index (χ3v) is 2.39. The molecule has 92 valence electrons. The van der Waals surface area contributed by atoms with Gasteiger partial charge in [-0.2, -0.15) is 13.2 Å². The molecule has 0 saturated carbocycles. The van der Waals surface area contributed by atoms with Crippen LogP contribution in [0, 0.1) is 3.57 Å². The molecule has 0 bridgehead atoms.